The molecule has 3 heteroatoms. The van der Waals surface area contributed by atoms with Crippen LogP contribution in [0.4, 0.5) is 5.69 Å². The van der Waals surface area contributed by atoms with Crippen molar-refractivity contribution in [2.75, 3.05) is 31.6 Å². The number of nitriles is 1. The minimum atomic E-state index is 0.468. The average Bonchev–Trinajstić information content (AvgIpc) is 3.04. The lowest BCUT2D eigenvalue weighted by Crippen LogP contribution is -2.41. The van der Waals surface area contributed by atoms with E-state index in [0.717, 1.165) is 17.8 Å². The summed E-state index contributed by atoms with van der Waals surface area (Å²) in [5, 5.41) is 9.21. The summed E-state index contributed by atoms with van der Waals surface area (Å²) in [6.45, 7) is 3.62. The SMILES string of the molecule is CN(CCC12CCCN1CCC2)c1ccccc1C#N. The molecule has 0 amide bonds. The van der Waals surface area contributed by atoms with Gasteiger partial charge in [-0.05, 0) is 57.3 Å². The number of nitrogens with zero attached hydrogens (tertiary/aromatic N) is 3. The molecule has 0 aromatic heterocycles. The molecule has 0 radical (unpaired) electrons. The van der Waals surface area contributed by atoms with Gasteiger partial charge in [-0.15, -0.1) is 0 Å². The molecule has 0 atom stereocenters. The molecular weight excluding hydrogens is 246 g/mol. The first-order valence-electron chi connectivity index (χ1n) is 7.70. The van der Waals surface area contributed by atoms with E-state index in [0.29, 0.717) is 5.54 Å². The van der Waals surface area contributed by atoms with Gasteiger partial charge in [-0.3, -0.25) is 4.90 Å². The van der Waals surface area contributed by atoms with Gasteiger partial charge in [-0.1, -0.05) is 12.1 Å². The van der Waals surface area contributed by atoms with Crippen molar-refractivity contribution >= 4 is 5.69 Å². The lowest BCUT2D eigenvalue weighted by Gasteiger charge is -2.34. The highest BCUT2D eigenvalue weighted by molar-refractivity contribution is 5.58. The maximum atomic E-state index is 9.21. The van der Waals surface area contributed by atoms with E-state index in [9.17, 15) is 5.26 Å². The zero-order valence-corrected chi connectivity index (χ0v) is 12.3. The highest BCUT2D eigenvalue weighted by atomic mass is 15.2. The highest BCUT2D eigenvalue weighted by Gasteiger charge is 2.43. The Kier molecular flexibility index (Phi) is 3.67. The van der Waals surface area contributed by atoms with Crippen molar-refractivity contribution in [1.29, 1.82) is 5.26 Å². The van der Waals surface area contributed by atoms with Gasteiger partial charge in [-0.2, -0.15) is 5.26 Å². The monoisotopic (exact) mass is 269 g/mol. The summed E-state index contributed by atoms with van der Waals surface area (Å²) >= 11 is 0. The number of anilines is 1. The van der Waals surface area contributed by atoms with E-state index in [2.05, 4.69) is 29.0 Å². The maximum Gasteiger partial charge on any atom is 0.101 e. The van der Waals surface area contributed by atoms with E-state index < -0.39 is 0 Å². The largest absolute Gasteiger partial charge is 0.373 e. The van der Waals surface area contributed by atoms with Crippen molar-refractivity contribution in [1.82, 2.24) is 4.90 Å². The van der Waals surface area contributed by atoms with Crippen LogP contribution in [0.1, 0.15) is 37.7 Å². The number of benzene rings is 1. The molecule has 3 rings (SSSR count). The minimum absolute atomic E-state index is 0.468. The Balaban J connectivity index is 1.68. The molecule has 0 aliphatic carbocycles. The Hall–Kier alpha value is -1.53. The van der Waals surface area contributed by atoms with Crippen molar-refractivity contribution in [3.8, 4) is 6.07 Å². The zero-order chi connectivity index (χ0) is 14.0. The van der Waals surface area contributed by atoms with Crippen LogP contribution in [0.2, 0.25) is 0 Å². The third-order valence-electron chi connectivity index (χ3n) is 5.16. The fourth-order valence-electron chi connectivity index (χ4n) is 4.03. The van der Waals surface area contributed by atoms with Crippen molar-refractivity contribution in [2.45, 2.75) is 37.6 Å². The summed E-state index contributed by atoms with van der Waals surface area (Å²) in [4.78, 5) is 4.96. The molecule has 20 heavy (non-hydrogen) atoms. The summed E-state index contributed by atoms with van der Waals surface area (Å²) < 4.78 is 0. The Morgan fingerprint density at radius 3 is 2.65 bits per heavy atom. The Morgan fingerprint density at radius 2 is 1.95 bits per heavy atom. The molecule has 3 nitrogen and oxygen atoms in total. The molecular formula is C17H23N3. The highest BCUT2D eigenvalue weighted by Crippen LogP contribution is 2.41. The molecule has 1 aromatic rings. The molecule has 2 saturated heterocycles. The number of para-hydroxylation sites is 1. The second-order valence-corrected chi connectivity index (χ2v) is 6.22. The second-order valence-electron chi connectivity index (χ2n) is 6.22. The van der Waals surface area contributed by atoms with Gasteiger partial charge in [0.1, 0.15) is 6.07 Å². The molecule has 0 saturated carbocycles. The van der Waals surface area contributed by atoms with E-state index in [1.807, 2.05) is 18.2 Å². The van der Waals surface area contributed by atoms with Crippen molar-refractivity contribution in [2.24, 2.45) is 0 Å². The third-order valence-corrected chi connectivity index (χ3v) is 5.16. The smallest absolute Gasteiger partial charge is 0.101 e. The second kappa shape index (κ2) is 5.46. The summed E-state index contributed by atoms with van der Waals surface area (Å²) in [5.41, 5.74) is 2.31. The van der Waals surface area contributed by atoms with Crippen LogP contribution in [0, 0.1) is 11.3 Å². The average molecular weight is 269 g/mol. The van der Waals surface area contributed by atoms with E-state index in [4.69, 9.17) is 0 Å². The van der Waals surface area contributed by atoms with Gasteiger partial charge in [0.2, 0.25) is 0 Å². The van der Waals surface area contributed by atoms with Gasteiger partial charge in [-0.25, -0.2) is 0 Å². The Bertz CT molecular complexity index is 507. The number of rotatable bonds is 4. The van der Waals surface area contributed by atoms with Crippen LogP contribution in [-0.2, 0) is 0 Å². The van der Waals surface area contributed by atoms with Crippen LogP contribution in [0.25, 0.3) is 0 Å². The number of fused-ring (bicyclic) bond motifs is 1. The lowest BCUT2D eigenvalue weighted by atomic mass is 9.90. The molecule has 2 aliphatic rings. The minimum Gasteiger partial charge on any atom is -0.373 e. The predicted octanol–water partition coefficient (Wildman–Crippen LogP) is 3.01. The molecule has 0 N–H and O–H groups in total. The first-order valence-corrected chi connectivity index (χ1v) is 7.70. The third kappa shape index (κ3) is 2.29. The molecule has 106 valence electrons. The summed E-state index contributed by atoms with van der Waals surface area (Å²) in [6.07, 6.45) is 6.67. The van der Waals surface area contributed by atoms with Gasteiger partial charge in [0.25, 0.3) is 0 Å². The standard InChI is InChI=1S/C17H23N3/c1-19(16-7-3-2-6-15(16)14-18)13-10-17-8-4-11-20(17)12-5-9-17/h2-3,6-7H,4-5,8-13H2,1H3. The topological polar surface area (TPSA) is 30.3 Å². The first-order chi connectivity index (χ1) is 9.75. The molecule has 0 bridgehead atoms. The lowest BCUT2D eigenvalue weighted by molar-refractivity contribution is 0.185. The van der Waals surface area contributed by atoms with E-state index >= 15 is 0 Å². The van der Waals surface area contributed by atoms with Gasteiger partial charge >= 0.3 is 0 Å². The number of hydrogen-bond donors (Lipinski definition) is 0. The van der Waals surface area contributed by atoms with E-state index in [1.165, 1.54) is 45.2 Å². The van der Waals surface area contributed by atoms with E-state index in [1.54, 1.807) is 0 Å². The Morgan fingerprint density at radius 1 is 1.25 bits per heavy atom. The van der Waals surface area contributed by atoms with Gasteiger partial charge < -0.3 is 4.90 Å². The summed E-state index contributed by atoms with van der Waals surface area (Å²) in [6, 6.07) is 10.2. The van der Waals surface area contributed by atoms with Crippen LogP contribution >= 0.6 is 0 Å². The van der Waals surface area contributed by atoms with Crippen molar-refractivity contribution in [3.63, 3.8) is 0 Å². The van der Waals surface area contributed by atoms with Crippen LogP contribution in [0.15, 0.2) is 24.3 Å². The van der Waals surface area contributed by atoms with E-state index in [-0.39, 0.29) is 0 Å². The number of hydrogen-bond acceptors (Lipinski definition) is 3. The quantitative estimate of drug-likeness (QED) is 0.841. The fourth-order valence-corrected chi connectivity index (χ4v) is 4.03. The van der Waals surface area contributed by atoms with Crippen LogP contribution in [0.5, 0.6) is 0 Å². The molecule has 2 heterocycles. The van der Waals surface area contributed by atoms with Gasteiger partial charge in [0, 0.05) is 19.1 Å². The van der Waals surface area contributed by atoms with Crippen LogP contribution in [-0.4, -0.2) is 37.1 Å². The zero-order valence-electron chi connectivity index (χ0n) is 12.3. The van der Waals surface area contributed by atoms with Crippen LogP contribution < -0.4 is 4.90 Å². The predicted molar refractivity (Wildman–Crippen MR) is 81.8 cm³/mol. The molecule has 2 fully saturated rings. The maximum absolute atomic E-state index is 9.21. The van der Waals surface area contributed by atoms with Gasteiger partial charge in [0.05, 0.1) is 11.3 Å². The normalized spacial score (nSPS) is 20.6. The molecule has 1 aromatic carbocycles. The van der Waals surface area contributed by atoms with Crippen molar-refractivity contribution < 1.29 is 0 Å². The van der Waals surface area contributed by atoms with Crippen LogP contribution in [0.3, 0.4) is 0 Å². The molecule has 0 spiro atoms. The summed E-state index contributed by atoms with van der Waals surface area (Å²) in [7, 11) is 2.11. The van der Waals surface area contributed by atoms with Crippen molar-refractivity contribution in [3.05, 3.63) is 29.8 Å². The van der Waals surface area contributed by atoms with Gasteiger partial charge in [0.15, 0.2) is 0 Å². The molecule has 2 aliphatic heterocycles. The molecule has 0 unspecified atom stereocenters. The fraction of sp³-hybridized carbons (Fsp3) is 0.588. The summed E-state index contributed by atoms with van der Waals surface area (Å²) in [5.74, 6) is 0. The Labute approximate surface area is 121 Å². The first kappa shape index (κ1) is 13.5.